The first-order valence-corrected chi connectivity index (χ1v) is 9.14. The Morgan fingerprint density at radius 2 is 2.42 bits per heavy atom. The maximum Gasteiger partial charge on any atom is 0.437 e. The average molecular weight is 344 g/mol. The molecule has 4 nitrogen and oxygen atoms in total. The van der Waals surface area contributed by atoms with Crippen molar-refractivity contribution in [2.24, 2.45) is 11.1 Å². The molecule has 1 aliphatic rings. The Labute approximate surface area is 147 Å². The quantitative estimate of drug-likeness (QED) is 0.437. The average Bonchev–Trinajstić information content (AvgIpc) is 3.07. The van der Waals surface area contributed by atoms with Crippen LogP contribution in [0.5, 0.6) is 0 Å². The summed E-state index contributed by atoms with van der Waals surface area (Å²) in [6.07, 6.45) is 11.6. The minimum Gasteiger partial charge on any atom is -0.298 e. The molecule has 5 heteroatoms. The van der Waals surface area contributed by atoms with Crippen molar-refractivity contribution in [3.05, 3.63) is 59.0 Å². The lowest BCUT2D eigenvalue weighted by Crippen LogP contribution is -2.23. The molecule has 1 unspecified atom stereocenters. The smallest absolute Gasteiger partial charge is 0.298 e. The fraction of sp³-hybridized carbons (Fsp3) is 0.368. The van der Waals surface area contributed by atoms with Crippen molar-refractivity contribution in [1.29, 1.82) is 0 Å². The Morgan fingerprint density at radius 1 is 1.54 bits per heavy atom. The molecule has 1 aromatic heterocycles. The van der Waals surface area contributed by atoms with Gasteiger partial charge >= 0.3 is 6.09 Å². The van der Waals surface area contributed by atoms with Gasteiger partial charge in [0, 0.05) is 12.1 Å². The van der Waals surface area contributed by atoms with Gasteiger partial charge in [-0.2, -0.15) is 11.3 Å². The Balaban J connectivity index is 1.87. The number of nitrogens with one attached hydrogen (secondary N) is 1. The zero-order chi connectivity index (χ0) is 17.2. The predicted octanol–water partition coefficient (Wildman–Crippen LogP) is 5.21. The van der Waals surface area contributed by atoms with E-state index in [1.54, 1.807) is 29.7 Å². The Hall–Kier alpha value is -2.14. The summed E-state index contributed by atoms with van der Waals surface area (Å²) in [5, 5.41) is 10.9. The van der Waals surface area contributed by atoms with Crippen LogP contribution < -0.4 is 5.32 Å². The molecule has 128 valence electrons. The van der Waals surface area contributed by atoms with Gasteiger partial charge in [0.05, 0.1) is 5.71 Å². The summed E-state index contributed by atoms with van der Waals surface area (Å²) in [5.74, 6) is 0.370. The molecule has 0 spiro atoms. The van der Waals surface area contributed by atoms with Crippen LogP contribution in [0.15, 0.2) is 58.6 Å². The van der Waals surface area contributed by atoms with Gasteiger partial charge in [-0.25, -0.2) is 4.79 Å². The SMILES string of the molecule is C=C/C=C(C)\C=C\NC(=O)O/N=C1\CCCCC1Cc1ccsc1. The number of hydrogen-bond donors (Lipinski definition) is 1. The zero-order valence-corrected chi connectivity index (χ0v) is 14.8. The summed E-state index contributed by atoms with van der Waals surface area (Å²) < 4.78 is 0. The molecule has 0 aliphatic heterocycles. The lowest BCUT2D eigenvalue weighted by molar-refractivity contribution is 0.153. The van der Waals surface area contributed by atoms with E-state index in [4.69, 9.17) is 4.84 Å². The predicted molar refractivity (Wildman–Crippen MR) is 100 cm³/mol. The molecule has 1 aromatic rings. The van der Waals surface area contributed by atoms with Gasteiger partial charge in [0.2, 0.25) is 0 Å². The van der Waals surface area contributed by atoms with E-state index in [2.05, 4.69) is 33.9 Å². The molecular formula is C19H24N2O2S. The molecule has 0 bridgehead atoms. The first kappa shape index (κ1) is 18.2. The number of thiophene rings is 1. The van der Waals surface area contributed by atoms with E-state index in [1.807, 2.05) is 13.0 Å². The third kappa shape index (κ3) is 6.16. The van der Waals surface area contributed by atoms with Crippen molar-refractivity contribution in [2.45, 2.75) is 39.0 Å². The molecule has 24 heavy (non-hydrogen) atoms. The summed E-state index contributed by atoms with van der Waals surface area (Å²) >= 11 is 1.71. The number of allylic oxidation sites excluding steroid dienone is 4. The van der Waals surface area contributed by atoms with E-state index in [9.17, 15) is 4.79 Å². The fourth-order valence-electron chi connectivity index (χ4n) is 2.71. The molecule has 0 aromatic carbocycles. The van der Waals surface area contributed by atoms with E-state index < -0.39 is 6.09 Å². The molecular weight excluding hydrogens is 320 g/mol. The highest BCUT2D eigenvalue weighted by molar-refractivity contribution is 7.07. The van der Waals surface area contributed by atoms with Crippen LogP contribution in [0.25, 0.3) is 0 Å². The van der Waals surface area contributed by atoms with Gasteiger partial charge in [-0.1, -0.05) is 30.3 Å². The molecule has 1 saturated carbocycles. The van der Waals surface area contributed by atoms with Gasteiger partial charge in [0.25, 0.3) is 0 Å². The highest BCUT2D eigenvalue weighted by Gasteiger charge is 2.22. The Bertz CT molecular complexity index is 630. The largest absolute Gasteiger partial charge is 0.437 e. The first-order chi connectivity index (χ1) is 11.7. The lowest BCUT2D eigenvalue weighted by Gasteiger charge is -2.22. The van der Waals surface area contributed by atoms with Gasteiger partial charge < -0.3 is 0 Å². The highest BCUT2D eigenvalue weighted by atomic mass is 32.1. The summed E-state index contributed by atoms with van der Waals surface area (Å²) in [4.78, 5) is 16.7. The lowest BCUT2D eigenvalue weighted by atomic mass is 9.84. The molecule has 1 amide bonds. The second-order valence-corrected chi connectivity index (χ2v) is 6.64. The second-order valence-electron chi connectivity index (χ2n) is 5.86. The summed E-state index contributed by atoms with van der Waals surface area (Å²) in [5.41, 5.74) is 3.31. The van der Waals surface area contributed by atoms with Crippen LogP contribution in [0.3, 0.4) is 0 Å². The monoisotopic (exact) mass is 344 g/mol. The number of rotatable bonds is 6. The molecule has 1 N–H and O–H groups in total. The van der Waals surface area contributed by atoms with E-state index in [0.29, 0.717) is 5.92 Å². The van der Waals surface area contributed by atoms with Crippen LogP contribution in [0, 0.1) is 5.92 Å². The summed E-state index contributed by atoms with van der Waals surface area (Å²) in [7, 11) is 0. The summed E-state index contributed by atoms with van der Waals surface area (Å²) in [6.45, 7) is 5.54. The minimum absolute atomic E-state index is 0.370. The molecule has 1 fully saturated rings. The number of nitrogens with zero attached hydrogens (tertiary/aromatic N) is 1. The van der Waals surface area contributed by atoms with E-state index in [0.717, 1.165) is 37.0 Å². The van der Waals surface area contributed by atoms with Crippen molar-refractivity contribution < 1.29 is 9.63 Å². The number of carbonyl (C=O) groups excluding carboxylic acids is 1. The van der Waals surface area contributed by atoms with E-state index in [1.165, 1.54) is 12.0 Å². The summed E-state index contributed by atoms with van der Waals surface area (Å²) in [6, 6.07) is 2.15. The van der Waals surface area contributed by atoms with Crippen LogP contribution >= 0.6 is 11.3 Å². The van der Waals surface area contributed by atoms with Crippen LogP contribution in [-0.2, 0) is 11.3 Å². The van der Waals surface area contributed by atoms with E-state index >= 15 is 0 Å². The zero-order valence-electron chi connectivity index (χ0n) is 14.0. The second kappa shape index (κ2) is 9.88. The third-order valence-electron chi connectivity index (χ3n) is 3.94. The molecule has 2 rings (SSSR count). The third-order valence-corrected chi connectivity index (χ3v) is 4.67. The number of oxime groups is 1. The topological polar surface area (TPSA) is 50.7 Å². The fourth-order valence-corrected chi connectivity index (χ4v) is 3.39. The Kier molecular flexibility index (Phi) is 7.49. The van der Waals surface area contributed by atoms with Crippen molar-refractivity contribution in [3.63, 3.8) is 0 Å². The standard InChI is InChI=1S/C19H24N2O2S/c1-3-6-15(2)9-11-20-19(22)23-21-18-8-5-4-7-17(18)13-16-10-12-24-14-16/h3,6,9-12,14,17H,1,4-5,7-8,13H2,2H3,(H,20,22)/b11-9+,15-6-,21-18+. The maximum absolute atomic E-state index is 11.7. The van der Waals surface area contributed by atoms with E-state index in [-0.39, 0.29) is 0 Å². The van der Waals surface area contributed by atoms with Gasteiger partial charge in [-0.3, -0.25) is 10.2 Å². The van der Waals surface area contributed by atoms with Crippen LogP contribution in [-0.4, -0.2) is 11.8 Å². The van der Waals surface area contributed by atoms with Gasteiger partial charge in [-0.05, 0) is 66.6 Å². The van der Waals surface area contributed by atoms with Gasteiger partial charge in [0.1, 0.15) is 0 Å². The molecule has 0 saturated heterocycles. The molecule has 1 aliphatic carbocycles. The minimum atomic E-state index is -0.565. The van der Waals surface area contributed by atoms with Crippen molar-refractivity contribution in [3.8, 4) is 0 Å². The van der Waals surface area contributed by atoms with Crippen molar-refractivity contribution >= 4 is 23.1 Å². The number of amides is 1. The molecule has 1 atom stereocenters. The van der Waals surface area contributed by atoms with Gasteiger partial charge in [0.15, 0.2) is 0 Å². The number of carbonyl (C=O) groups is 1. The molecule has 1 heterocycles. The maximum atomic E-state index is 11.7. The Morgan fingerprint density at radius 3 is 3.17 bits per heavy atom. The van der Waals surface area contributed by atoms with Gasteiger partial charge in [-0.15, -0.1) is 0 Å². The van der Waals surface area contributed by atoms with Crippen LogP contribution in [0.4, 0.5) is 4.79 Å². The van der Waals surface area contributed by atoms with Crippen LogP contribution in [0.2, 0.25) is 0 Å². The highest BCUT2D eigenvalue weighted by Crippen LogP contribution is 2.26. The number of hydrogen-bond acceptors (Lipinski definition) is 4. The normalized spacial score (nSPS) is 20.3. The van der Waals surface area contributed by atoms with Crippen molar-refractivity contribution in [1.82, 2.24) is 5.32 Å². The first-order valence-electron chi connectivity index (χ1n) is 8.20. The van der Waals surface area contributed by atoms with Crippen molar-refractivity contribution in [2.75, 3.05) is 0 Å². The van der Waals surface area contributed by atoms with Crippen LogP contribution in [0.1, 0.15) is 38.2 Å². The molecule has 0 radical (unpaired) electrons.